The number of aryl methyl sites for hydroxylation is 2. The van der Waals surface area contributed by atoms with Gasteiger partial charge in [-0.25, -0.2) is 9.97 Å². The molecule has 19 nitrogen and oxygen atoms in total. The molecular formula is C40H57ClN12O7. The molecule has 2 amide bonds. The average Bonchev–Trinajstić information content (AvgIpc) is 3.80. The highest BCUT2D eigenvalue weighted by atomic mass is 35.5. The van der Waals surface area contributed by atoms with Crippen LogP contribution in [0.15, 0.2) is 59.7 Å². The van der Waals surface area contributed by atoms with Crippen LogP contribution < -0.4 is 22.5 Å². The smallest absolute Gasteiger partial charge is 0.269 e. The number of amides is 2. The summed E-state index contributed by atoms with van der Waals surface area (Å²) >= 11 is 5.82. The van der Waals surface area contributed by atoms with Gasteiger partial charge < -0.3 is 53.0 Å². The third-order valence-electron chi connectivity index (χ3n) is 9.96. The van der Waals surface area contributed by atoms with Gasteiger partial charge in [0.25, 0.3) is 5.91 Å². The first kappa shape index (κ1) is 47.7. The fourth-order valence-electron chi connectivity index (χ4n) is 6.54. The van der Waals surface area contributed by atoms with Crippen molar-refractivity contribution in [3.63, 3.8) is 0 Å². The van der Waals surface area contributed by atoms with E-state index in [4.69, 9.17) is 33.9 Å². The molecule has 0 aliphatic heterocycles. The highest BCUT2D eigenvalue weighted by Crippen LogP contribution is 2.26. The minimum atomic E-state index is -1.71. The van der Waals surface area contributed by atoms with E-state index in [0.717, 1.165) is 48.8 Å². The van der Waals surface area contributed by atoms with Crippen molar-refractivity contribution in [1.82, 2.24) is 40.8 Å². The van der Waals surface area contributed by atoms with Crippen LogP contribution in [0.4, 0.5) is 0 Å². The first-order valence-electron chi connectivity index (χ1n) is 20.0. The summed E-state index contributed by atoms with van der Waals surface area (Å²) in [5.74, 6) is -0.389. The number of aliphatic imine (C=N–C) groups is 1. The molecule has 0 radical (unpaired) electrons. The maximum atomic E-state index is 13.9. The molecule has 13 N–H and O–H groups in total. The number of nitrogens with zero attached hydrogens (tertiary/aromatic N) is 7. The summed E-state index contributed by atoms with van der Waals surface area (Å²) in [5, 5.41) is 66.5. The van der Waals surface area contributed by atoms with Crippen LogP contribution in [0.3, 0.4) is 0 Å². The molecule has 0 aliphatic carbocycles. The van der Waals surface area contributed by atoms with Gasteiger partial charge in [0.2, 0.25) is 5.91 Å². The van der Waals surface area contributed by atoms with Crippen LogP contribution in [-0.2, 0) is 17.6 Å². The molecule has 0 unspecified atom stereocenters. The summed E-state index contributed by atoms with van der Waals surface area (Å²) in [6.45, 7) is 0.811. The third kappa shape index (κ3) is 14.6. The van der Waals surface area contributed by atoms with E-state index in [2.05, 4.69) is 65.2 Å². The lowest BCUT2D eigenvalue weighted by Gasteiger charge is -2.30. The average molecular weight is 853 g/mol. The molecule has 20 heteroatoms. The van der Waals surface area contributed by atoms with Crippen LogP contribution >= 0.6 is 11.6 Å². The quantitative estimate of drug-likeness (QED) is 0.0217. The number of aromatic nitrogens is 6. The van der Waals surface area contributed by atoms with Crippen LogP contribution in [0.2, 0.25) is 5.15 Å². The lowest BCUT2D eigenvalue weighted by atomic mass is 9.99. The SMILES string of the molecule is NCCCC[C@@H](c1nn[nH]n1)N(CCCNC[C@H](O)[C@@H](O)[C@H](O)[C@H](O)CO)C(=O)CCc1ccc(-c2ccc(CCCCN=C(N)c3ncc(Cl)nc3C(N)=O)cc2)cc1. The zero-order valence-electron chi connectivity index (χ0n) is 33.5. The fourth-order valence-corrected chi connectivity index (χ4v) is 6.68. The molecule has 5 atom stereocenters. The highest BCUT2D eigenvalue weighted by Gasteiger charge is 2.30. The van der Waals surface area contributed by atoms with Gasteiger partial charge in [-0.15, -0.1) is 10.2 Å². The Bertz CT molecular complexity index is 1920. The summed E-state index contributed by atoms with van der Waals surface area (Å²) in [7, 11) is 0. The zero-order valence-corrected chi connectivity index (χ0v) is 34.2. The van der Waals surface area contributed by atoms with E-state index in [0.29, 0.717) is 51.3 Å². The van der Waals surface area contributed by atoms with Gasteiger partial charge in [-0.05, 0) is 86.7 Å². The van der Waals surface area contributed by atoms with E-state index < -0.39 is 43.0 Å². The van der Waals surface area contributed by atoms with Crippen molar-refractivity contribution < 1.29 is 35.1 Å². The van der Waals surface area contributed by atoms with Crippen molar-refractivity contribution in [2.45, 2.75) is 88.2 Å². The third-order valence-corrected chi connectivity index (χ3v) is 10.1. The monoisotopic (exact) mass is 852 g/mol. The van der Waals surface area contributed by atoms with Gasteiger partial charge in [-0.1, -0.05) is 65.3 Å². The van der Waals surface area contributed by atoms with E-state index in [1.165, 1.54) is 11.8 Å². The molecule has 0 spiro atoms. The Kier molecular flexibility index (Phi) is 19.8. The van der Waals surface area contributed by atoms with Crippen molar-refractivity contribution in [2.75, 3.05) is 39.3 Å². The number of aromatic amines is 1. The number of H-pyrrole nitrogens is 1. The predicted molar refractivity (Wildman–Crippen MR) is 224 cm³/mol. The molecule has 2 aromatic heterocycles. The minimum absolute atomic E-state index is 0.0377. The Hall–Kier alpha value is -4.99. The normalized spacial score (nSPS) is 14.3. The number of aliphatic hydroxyl groups is 5. The fraction of sp³-hybridized carbons (Fsp3) is 0.500. The molecule has 2 heterocycles. The van der Waals surface area contributed by atoms with Crippen LogP contribution in [0.5, 0.6) is 0 Å². The molecule has 0 aliphatic rings. The van der Waals surface area contributed by atoms with Crippen LogP contribution in [0, 0.1) is 0 Å². The highest BCUT2D eigenvalue weighted by molar-refractivity contribution is 6.29. The largest absolute Gasteiger partial charge is 0.394 e. The number of benzene rings is 2. The van der Waals surface area contributed by atoms with E-state index in [9.17, 15) is 30.0 Å². The second-order valence-electron chi connectivity index (χ2n) is 14.4. The van der Waals surface area contributed by atoms with Gasteiger partial charge >= 0.3 is 0 Å². The van der Waals surface area contributed by atoms with Crippen molar-refractivity contribution in [1.29, 1.82) is 0 Å². The van der Waals surface area contributed by atoms with Crippen molar-refractivity contribution >= 4 is 29.3 Å². The molecule has 2 aromatic carbocycles. The number of primary amides is 1. The summed E-state index contributed by atoms with van der Waals surface area (Å²) in [5.41, 5.74) is 21.5. The second-order valence-corrected chi connectivity index (χ2v) is 14.8. The molecule has 60 heavy (non-hydrogen) atoms. The van der Waals surface area contributed by atoms with Gasteiger partial charge in [-0.3, -0.25) is 14.6 Å². The van der Waals surface area contributed by atoms with E-state index in [-0.39, 0.29) is 41.2 Å². The number of halogens is 1. The number of hydrogen-bond acceptors (Lipinski definition) is 15. The Morgan fingerprint density at radius 1 is 0.867 bits per heavy atom. The Balaban J connectivity index is 1.29. The van der Waals surface area contributed by atoms with Gasteiger partial charge in [0, 0.05) is 26.1 Å². The number of rotatable bonds is 27. The zero-order chi connectivity index (χ0) is 43.4. The number of carbonyl (C=O) groups is 2. The number of amidine groups is 1. The maximum absolute atomic E-state index is 13.9. The number of aliphatic hydroxyl groups excluding tert-OH is 5. The van der Waals surface area contributed by atoms with Gasteiger partial charge in [0.15, 0.2) is 11.5 Å². The first-order valence-corrected chi connectivity index (χ1v) is 20.4. The Labute approximate surface area is 353 Å². The van der Waals surface area contributed by atoms with E-state index in [1.807, 2.05) is 24.3 Å². The summed E-state index contributed by atoms with van der Waals surface area (Å²) in [6, 6.07) is 16.0. The minimum Gasteiger partial charge on any atom is -0.394 e. The van der Waals surface area contributed by atoms with Gasteiger partial charge in [-0.2, -0.15) is 5.21 Å². The molecule has 0 bridgehead atoms. The first-order chi connectivity index (χ1) is 28.9. The van der Waals surface area contributed by atoms with Crippen molar-refractivity contribution in [2.24, 2.45) is 22.2 Å². The number of carbonyl (C=O) groups excluding carboxylic acids is 2. The number of tetrazole rings is 1. The Morgan fingerprint density at radius 3 is 2.15 bits per heavy atom. The molecule has 4 aromatic rings. The summed E-state index contributed by atoms with van der Waals surface area (Å²) < 4.78 is 0. The van der Waals surface area contributed by atoms with Gasteiger partial charge in [0.05, 0.1) is 24.9 Å². The van der Waals surface area contributed by atoms with Crippen molar-refractivity contribution in [3.8, 4) is 11.1 Å². The topological polar surface area (TPSA) is 321 Å². The number of unbranched alkanes of at least 4 members (excludes halogenated alkanes) is 2. The van der Waals surface area contributed by atoms with E-state index >= 15 is 0 Å². The number of nitrogens with two attached hydrogens (primary N) is 3. The van der Waals surface area contributed by atoms with Crippen LogP contribution in [0.25, 0.3) is 11.1 Å². The predicted octanol–water partition coefficient (Wildman–Crippen LogP) is 0.184. The number of hydrogen-bond donors (Lipinski definition) is 10. The molecule has 0 fully saturated rings. The number of nitrogens with one attached hydrogen (secondary N) is 2. The van der Waals surface area contributed by atoms with Crippen molar-refractivity contribution in [3.05, 3.63) is 88.2 Å². The summed E-state index contributed by atoms with van der Waals surface area (Å²) in [6.07, 6.45) is 0.745. The standard InChI is InChI=1S/C40H57ClN12O7/c41-32-23-47-34(35(48-32)39(44)60)38(43)46-20-4-2-6-25-8-13-27(14-9-25)28-15-10-26(11-16-28)12-17-33(57)53(29(7-1-3-18-42)40-49-51-52-50-40)21-5-19-45-22-30(55)36(58)37(59)31(56)24-54/h8-11,13-16,23,29-31,36-37,45,54-56,58-59H,1-7,12,17-22,24,42H2,(H2,43,46)(H2,44,60)(H,49,50,51,52)/t29-,30-,31+,36+,37+/m0/s1. The van der Waals surface area contributed by atoms with Crippen LogP contribution in [-0.4, -0.2) is 142 Å². The summed E-state index contributed by atoms with van der Waals surface area (Å²) in [4.78, 5) is 39.6. The maximum Gasteiger partial charge on any atom is 0.269 e. The molecule has 0 saturated heterocycles. The van der Waals surface area contributed by atoms with Crippen LogP contribution in [0.1, 0.15) is 84.1 Å². The van der Waals surface area contributed by atoms with Gasteiger partial charge in [0.1, 0.15) is 35.0 Å². The lowest BCUT2D eigenvalue weighted by molar-refractivity contribution is -0.134. The molecule has 4 rings (SSSR count). The Morgan fingerprint density at radius 2 is 1.53 bits per heavy atom. The molecule has 0 saturated carbocycles. The molecule has 326 valence electrons. The molecular weight excluding hydrogens is 796 g/mol. The second kappa shape index (κ2) is 24.9. The lowest BCUT2D eigenvalue weighted by Crippen LogP contribution is -2.49. The van der Waals surface area contributed by atoms with E-state index in [1.54, 1.807) is 4.90 Å².